The van der Waals surface area contributed by atoms with Crippen LogP contribution in [0.5, 0.6) is 0 Å². The van der Waals surface area contributed by atoms with Crippen molar-refractivity contribution in [2.75, 3.05) is 6.54 Å². The Balaban J connectivity index is 2.76. The molecule has 0 spiro atoms. The van der Waals surface area contributed by atoms with Gasteiger partial charge in [-0.25, -0.2) is 0 Å². The molecular formula is C9H6BrClF3N. The average molecular weight is 301 g/mol. The van der Waals surface area contributed by atoms with Gasteiger partial charge in [0.1, 0.15) is 11.7 Å². The Morgan fingerprint density at radius 1 is 1.27 bits per heavy atom. The fourth-order valence-electron chi connectivity index (χ4n) is 0.838. The molecule has 0 heterocycles. The number of nitrogens with zero attached hydrogens (tertiary/aromatic N) is 1. The molecule has 0 bridgehead atoms. The van der Waals surface area contributed by atoms with Crippen LogP contribution in [0.4, 0.5) is 13.2 Å². The smallest absolute Gasteiger partial charge is 0.263 e. The summed E-state index contributed by atoms with van der Waals surface area (Å²) in [4.78, 5) is 3.24. The number of halogens is 5. The van der Waals surface area contributed by atoms with E-state index >= 15 is 0 Å². The first-order valence-corrected chi connectivity index (χ1v) is 5.08. The van der Waals surface area contributed by atoms with Crippen LogP contribution in [0.3, 0.4) is 0 Å². The topological polar surface area (TPSA) is 12.4 Å². The molecule has 0 radical (unpaired) electrons. The molecule has 0 fully saturated rings. The van der Waals surface area contributed by atoms with Gasteiger partial charge in [0, 0.05) is 10.0 Å². The quantitative estimate of drug-likeness (QED) is 0.732. The van der Waals surface area contributed by atoms with Gasteiger partial charge in [-0.2, -0.15) is 13.2 Å². The van der Waals surface area contributed by atoms with E-state index in [2.05, 4.69) is 20.9 Å². The van der Waals surface area contributed by atoms with E-state index in [9.17, 15) is 13.2 Å². The minimum Gasteiger partial charge on any atom is -0.263 e. The van der Waals surface area contributed by atoms with E-state index in [4.69, 9.17) is 11.6 Å². The minimum absolute atomic E-state index is 0.139. The van der Waals surface area contributed by atoms with Crippen molar-refractivity contribution in [1.29, 1.82) is 0 Å². The molecule has 0 amide bonds. The van der Waals surface area contributed by atoms with Gasteiger partial charge < -0.3 is 0 Å². The number of alkyl halides is 3. The molecule has 0 aromatic heterocycles. The summed E-state index contributed by atoms with van der Waals surface area (Å²) in [5.74, 6) is 0. The second-order valence-corrected chi connectivity index (χ2v) is 4.00. The van der Waals surface area contributed by atoms with Gasteiger partial charge in [0.15, 0.2) is 0 Å². The number of hydrogen-bond donors (Lipinski definition) is 0. The molecule has 15 heavy (non-hydrogen) atoms. The zero-order valence-corrected chi connectivity index (χ0v) is 9.70. The van der Waals surface area contributed by atoms with Crippen molar-refractivity contribution in [3.63, 3.8) is 0 Å². The van der Waals surface area contributed by atoms with Crippen LogP contribution in [0.25, 0.3) is 0 Å². The van der Waals surface area contributed by atoms with Crippen LogP contribution in [0.15, 0.2) is 33.7 Å². The summed E-state index contributed by atoms with van der Waals surface area (Å²) in [6, 6.07) is 6.54. The van der Waals surface area contributed by atoms with Gasteiger partial charge in [-0.15, -0.1) is 0 Å². The lowest BCUT2D eigenvalue weighted by Gasteiger charge is -2.03. The zero-order valence-electron chi connectivity index (χ0n) is 7.35. The summed E-state index contributed by atoms with van der Waals surface area (Å²) in [6.45, 7) is -1.26. The molecule has 0 unspecified atom stereocenters. The molecule has 0 aliphatic carbocycles. The molecule has 1 rings (SSSR count). The summed E-state index contributed by atoms with van der Waals surface area (Å²) in [6.07, 6.45) is -4.32. The average Bonchev–Trinajstić information content (AvgIpc) is 2.14. The first-order chi connectivity index (χ1) is 6.88. The van der Waals surface area contributed by atoms with Crippen LogP contribution >= 0.6 is 27.5 Å². The molecular weight excluding hydrogens is 294 g/mol. The lowest BCUT2D eigenvalue weighted by atomic mass is 10.2. The third-order valence-corrected chi connectivity index (χ3v) is 2.35. The van der Waals surface area contributed by atoms with E-state index < -0.39 is 12.7 Å². The largest absolute Gasteiger partial charge is 0.408 e. The zero-order chi connectivity index (χ0) is 11.5. The van der Waals surface area contributed by atoms with E-state index in [1.54, 1.807) is 24.3 Å². The number of hydrogen-bond acceptors (Lipinski definition) is 1. The molecule has 0 saturated carbocycles. The van der Waals surface area contributed by atoms with Gasteiger partial charge in [0.2, 0.25) is 0 Å². The van der Waals surface area contributed by atoms with Crippen molar-refractivity contribution in [2.45, 2.75) is 6.18 Å². The Morgan fingerprint density at radius 3 is 2.27 bits per heavy atom. The lowest BCUT2D eigenvalue weighted by molar-refractivity contribution is -0.118. The lowest BCUT2D eigenvalue weighted by Crippen LogP contribution is -2.13. The van der Waals surface area contributed by atoms with E-state index in [-0.39, 0.29) is 5.17 Å². The van der Waals surface area contributed by atoms with E-state index in [1.807, 2.05) is 0 Å². The van der Waals surface area contributed by atoms with Crippen LogP contribution in [0, 0.1) is 0 Å². The van der Waals surface area contributed by atoms with E-state index in [1.165, 1.54) is 0 Å². The second kappa shape index (κ2) is 4.99. The van der Waals surface area contributed by atoms with Crippen LogP contribution in [0.1, 0.15) is 5.56 Å². The van der Waals surface area contributed by atoms with Crippen molar-refractivity contribution in [3.05, 3.63) is 34.3 Å². The Morgan fingerprint density at radius 2 is 1.80 bits per heavy atom. The molecule has 82 valence electrons. The maximum Gasteiger partial charge on any atom is 0.408 e. The first-order valence-electron chi connectivity index (χ1n) is 3.91. The fraction of sp³-hybridized carbons (Fsp3) is 0.222. The maximum absolute atomic E-state index is 11.8. The standard InChI is InChI=1S/C9H6BrClF3N/c10-7-3-1-6(2-4-7)8(11)15-5-9(12,13)14/h1-4H,5H2/b15-8-. The van der Waals surface area contributed by atoms with Crippen LogP contribution in [0.2, 0.25) is 0 Å². The fourth-order valence-corrected chi connectivity index (χ4v) is 1.29. The summed E-state index contributed by atoms with van der Waals surface area (Å²) in [7, 11) is 0. The number of aliphatic imine (C=N–C) groups is 1. The predicted octanol–water partition coefficient (Wildman–Crippen LogP) is 4.00. The SMILES string of the molecule is FC(F)(F)C/N=C(\Cl)c1ccc(Br)cc1. The first kappa shape index (κ1) is 12.5. The summed E-state index contributed by atoms with van der Waals surface area (Å²) >= 11 is 8.80. The Bertz CT molecular complexity index is 359. The third kappa shape index (κ3) is 4.66. The molecule has 1 nitrogen and oxygen atoms in total. The summed E-state index contributed by atoms with van der Waals surface area (Å²) in [5.41, 5.74) is 0.462. The van der Waals surface area contributed by atoms with Crippen molar-refractivity contribution >= 4 is 32.7 Å². The van der Waals surface area contributed by atoms with Gasteiger partial charge in [-0.3, -0.25) is 4.99 Å². The Labute approximate surface area is 98.1 Å². The van der Waals surface area contributed by atoms with Gasteiger partial charge in [0.25, 0.3) is 0 Å². The summed E-state index contributed by atoms with van der Waals surface area (Å²) < 4.78 is 36.3. The predicted molar refractivity (Wildman–Crippen MR) is 57.5 cm³/mol. The van der Waals surface area contributed by atoms with Gasteiger partial charge in [0.05, 0.1) is 0 Å². The van der Waals surface area contributed by atoms with Gasteiger partial charge >= 0.3 is 6.18 Å². The highest BCUT2D eigenvalue weighted by Gasteiger charge is 2.26. The Kier molecular flexibility index (Phi) is 4.16. The van der Waals surface area contributed by atoms with Crippen LogP contribution < -0.4 is 0 Å². The van der Waals surface area contributed by atoms with Crippen molar-refractivity contribution < 1.29 is 13.2 Å². The second-order valence-electron chi connectivity index (χ2n) is 2.73. The minimum atomic E-state index is -4.32. The molecule has 0 N–H and O–H groups in total. The highest BCUT2D eigenvalue weighted by atomic mass is 79.9. The Hall–Kier alpha value is -0.550. The van der Waals surface area contributed by atoms with E-state index in [0.717, 1.165) is 4.47 Å². The van der Waals surface area contributed by atoms with Crippen molar-refractivity contribution in [2.24, 2.45) is 4.99 Å². The van der Waals surface area contributed by atoms with Gasteiger partial charge in [-0.05, 0) is 12.1 Å². The molecule has 0 atom stereocenters. The highest BCUT2D eigenvalue weighted by molar-refractivity contribution is 9.10. The molecule has 0 aliphatic rings. The molecule has 0 aliphatic heterocycles. The molecule has 6 heteroatoms. The molecule has 0 saturated heterocycles. The van der Waals surface area contributed by atoms with Crippen LogP contribution in [-0.4, -0.2) is 17.9 Å². The van der Waals surface area contributed by atoms with E-state index in [0.29, 0.717) is 5.56 Å². The third-order valence-electron chi connectivity index (χ3n) is 1.48. The van der Waals surface area contributed by atoms with Gasteiger partial charge in [-0.1, -0.05) is 39.7 Å². The normalized spacial score (nSPS) is 13.0. The van der Waals surface area contributed by atoms with Crippen LogP contribution in [-0.2, 0) is 0 Å². The molecule has 1 aromatic rings. The van der Waals surface area contributed by atoms with Crippen molar-refractivity contribution in [3.8, 4) is 0 Å². The maximum atomic E-state index is 11.8. The number of rotatable bonds is 2. The monoisotopic (exact) mass is 299 g/mol. The summed E-state index contributed by atoms with van der Waals surface area (Å²) in [5, 5.41) is -0.139. The molecule has 1 aromatic carbocycles. The highest BCUT2D eigenvalue weighted by Crippen LogP contribution is 2.17. The van der Waals surface area contributed by atoms with Crippen molar-refractivity contribution in [1.82, 2.24) is 0 Å². The number of benzene rings is 1.